The van der Waals surface area contributed by atoms with E-state index in [-0.39, 0.29) is 12.0 Å². The number of ether oxygens (including phenoxy) is 2. The van der Waals surface area contributed by atoms with Gasteiger partial charge in [0.05, 0.1) is 6.61 Å². The van der Waals surface area contributed by atoms with Crippen molar-refractivity contribution in [3.63, 3.8) is 0 Å². The molecule has 0 bridgehead atoms. The third kappa shape index (κ3) is 7.70. The maximum absolute atomic E-state index is 9.72. The fraction of sp³-hybridized carbons (Fsp3) is 0.600. The van der Waals surface area contributed by atoms with Gasteiger partial charge in [-0.25, -0.2) is 0 Å². The van der Waals surface area contributed by atoms with E-state index in [1.54, 1.807) is 24.3 Å². The quantitative estimate of drug-likeness (QED) is 0.588. The van der Waals surface area contributed by atoms with Crippen molar-refractivity contribution in [3.8, 4) is 5.75 Å². The molecule has 1 unspecified atom stereocenters. The van der Waals surface area contributed by atoms with Gasteiger partial charge in [-0.05, 0) is 36.1 Å². The average Bonchev–Trinajstić information content (AvgIpc) is 2.33. The smallest absolute Gasteiger partial charge is 0.119 e. The van der Waals surface area contributed by atoms with Crippen LogP contribution in [0.1, 0.15) is 27.2 Å². The summed E-state index contributed by atoms with van der Waals surface area (Å²) in [5.41, 5.74) is 6.52. The Morgan fingerprint density at radius 3 is 2.37 bits per heavy atom. The molecule has 0 radical (unpaired) electrons. The van der Waals surface area contributed by atoms with Crippen LogP contribution in [0.2, 0.25) is 0 Å². The van der Waals surface area contributed by atoms with Crippen LogP contribution in [0.4, 0.5) is 5.69 Å². The number of nitrogen functional groups attached to an aromatic ring is 1. The summed E-state index contributed by atoms with van der Waals surface area (Å²) in [6, 6.07) is 7.09. The van der Waals surface area contributed by atoms with Gasteiger partial charge in [-0.2, -0.15) is 0 Å². The zero-order valence-corrected chi connectivity index (χ0v) is 12.1. The molecule has 1 atom stereocenters. The molecule has 4 heteroatoms. The number of hydrogen-bond acceptors (Lipinski definition) is 4. The van der Waals surface area contributed by atoms with E-state index in [1.165, 1.54) is 0 Å². The van der Waals surface area contributed by atoms with Crippen molar-refractivity contribution in [3.05, 3.63) is 24.3 Å². The molecule has 0 aliphatic heterocycles. The molecule has 1 aromatic rings. The number of rotatable bonds is 7. The lowest BCUT2D eigenvalue weighted by atomic mass is 9.93. The van der Waals surface area contributed by atoms with Crippen LogP contribution in [0.5, 0.6) is 5.75 Å². The van der Waals surface area contributed by atoms with Crippen molar-refractivity contribution in [1.82, 2.24) is 0 Å². The third-order valence-corrected chi connectivity index (χ3v) is 2.63. The molecule has 0 aliphatic rings. The van der Waals surface area contributed by atoms with Crippen molar-refractivity contribution >= 4 is 5.69 Å². The van der Waals surface area contributed by atoms with Gasteiger partial charge in [0, 0.05) is 12.3 Å². The predicted molar refractivity (Wildman–Crippen MR) is 77.2 cm³/mol. The summed E-state index contributed by atoms with van der Waals surface area (Å²) in [4.78, 5) is 0. The Hall–Kier alpha value is -1.26. The summed E-state index contributed by atoms with van der Waals surface area (Å²) < 4.78 is 10.9. The van der Waals surface area contributed by atoms with Crippen LogP contribution in [0.15, 0.2) is 24.3 Å². The van der Waals surface area contributed by atoms with Crippen molar-refractivity contribution in [2.24, 2.45) is 5.41 Å². The molecule has 3 N–H and O–H groups in total. The molecular weight excluding hydrogens is 242 g/mol. The van der Waals surface area contributed by atoms with Gasteiger partial charge in [0.25, 0.3) is 0 Å². The lowest BCUT2D eigenvalue weighted by molar-refractivity contribution is 0.00527. The number of anilines is 1. The molecule has 0 aromatic heterocycles. The highest BCUT2D eigenvalue weighted by Gasteiger charge is 2.11. The number of aliphatic hydroxyl groups excluding tert-OH is 1. The maximum atomic E-state index is 9.72. The molecule has 0 amide bonds. The van der Waals surface area contributed by atoms with Crippen molar-refractivity contribution < 1.29 is 14.6 Å². The van der Waals surface area contributed by atoms with Crippen LogP contribution in [-0.2, 0) is 4.74 Å². The Morgan fingerprint density at radius 1 is 1.16 bits per heavy atom. The van der Waals surface area contributed by atoms with Gasteiger partial charge in [0.15, 0.2) is 0 Å². The second-order valence-electron chi connectivity index (χ2n) is 5.92. The lowest BCUT2D eigenvalue weighted by Crippen LogP contribution is -2.24. The van der Waals surface area contributed by atoms with Crippen molar-refractivity contribution in [2.45, 2.75) is 33.3 Å². The van der Waals surface area contributed by atoms with E-state index < -0.39 is 6.10 Å². The first-order valence-electron chi connectivity index (χ1n) is 6.61. The Balaban J connectivity index is 2.14. The molecule has 1 rings (SSSR count). The normalized spacial score (nSPS) is 13.3. The van der Waals surface area contributed by atoms with Crippen LogP contribution in [-0.4, -0.2) is 31.0 Å². The Bertz CT molecular complexity index is 357. The van der Waals surface area contributed by atoms with Crippen LogP contribution < -0.4 is 10.5 Å². The summed E-state index contributed by atoms with van der Waals surface area (Å²) in [7, 11) is 0. The summed E-state index contributed by atoms with van der Waals surface area (Å²) in [6.45, 7) is 7.66. The summed E-state index contributed by atoms with van der Waals surface area (Å²) in [5.74, 6) is 0.697. The number of hydrogen-bond donors (Lipinski definition) is 2. The van der Waals surface area contributed by atoms with E-state index in [2.05, 4.69) is 20.8 Å². The fourth-order valence-electron chi connectivity index (χ4n) is 1.40. The third-order valence-electron chi connectivity index (χ3n) is 2.63. The Labute approximate surface area is 115 Å². The number of aliphatic hydroxyl groups is 1. The van der Waals surface area contributed by atoms with Gasteiger partial charge in [-0.15, -0.1) is 0 Å². The molecule has 108 valence electrons. The molecule has 19 heavy (non-hydrogen) atoms. The van der Waals surface area contributed by atoms with Crippen LogP contribution in [0.25, 0.3) is 0 Å². The fourth-order valence-corrected chi connectivity index (χ4v) is 1.40. The first-order chi connectivity index (χ1) is 8.87. The van der Waals surface area contributed by atoms with E-state index in [9.17, 15) is 5.11 Å². The van der Waals surface area contributed by atoms with E-state index in [0.717, 1.165) is 6.42 Å². The second-order valence-corrected chi connectivity index (χ2v) is 5.92. The van der Waals surface area contributed by atoms with Gasteiger partial charge in [-0.1, -0.05) is 20.8 Å². The minimum atomic E-state index is -0.613. The molecular formula is C15H25NO3. The SMILES string of the molecule is CC(C)(C)CCOCC(O)COc1ccc(N)cc1. The van der Waals surface area contributed by atoms with Crippen LogP contribution in [0, 0.1) is 5.41 Å². The predicted octanol–water partition coefficient (Wildman–Crippen LogP) is 2.46. The minimum absolute atomic E-state index is 0.222. The molecule has 1 aromatic carbocycles. The summed E-state index contributed by atoms with van der Waals surface area (Å²) >= 11 is 0. The largest absolute Gasteiger partial charge is 0.491 e. The van der Waals surface area contributed by atoms with Gasteiger partial charge in [0.1, 0.15) is 18.5 Å². The number of benzene rings is 1. The standard InChI is InChI=1S/C15H25NO3/c1-15(2,3)8-9-18-10-13(17)11-19-14-6-4-12(16)5-7-14/h4-7,13,17H,8-11,16H2,1-3H3. The van der Waals surface area contributed by atoms with Crippen LogP contribution in [0.3, 0.4) is 0 Å². The molecule has 0 heterocycles. The topological polar surface area (TPSA) is 64.7 Å². The van der Waals surface area contributed by atoms with E-state index >= 15 is 0 Å². The van der Waals surface area contributed by atoms with E-state index in [4.69, 9.17) is 15.2 Å². The second kappa shape index (κ2) is 7.36. The molecule has 0 aliphatic carbocycles. The van der Waals surface area contributed by atoms with Gasteiger partial charge < -0.3 is 20.3 Å². The first kappa shape index (κ1) is 15.8. The van der Waals surface area contributed by atoms with Crippen molar-refractivity contribution in [2.75, 3.05) is 25.6 Å². The zero-order chi connectivity index (χ0) is 14.3. The highest BCUT2D eigenvalue weighted by Crippen LogP contribution is 2.18. The van der Waals surface area contributed by atoms with Gasteiger partial charge in [-0.3, -0.25) is 0 Å². The summed E-state index contributed by atoms with van der Waals surface area (Å²) in [5, 5.41) is 9.72. The molecule has 0 saturated heterocycles. The van der Waals surface area contributed by atoms with Gasteiger partial charge >= 0.3 is 0 Å². The molecule has 0 saturated carbocycles. The zero-order valence-electron chi connectivity index (χ0n) is 12.1. The molecule has 0 fully saturated rings. The van der Waals surface area contributed by atoms with E-state index in [0.29, 0.717) is 24.7 Å². The molecule has 0 spiro atoms. The lowest BCUT2D eigenvalue weighted by Gasteiger charge is -2.18. The minimum Gasteiger partial charge on any atom is -0.491 e. The van der Waals surface area contributed by atoms with Crippen LogP contribution >= 0.6 is 0 Å². The summed E-state index contributed by atoms with van der Waals surface area (Å²) in [6.07, 6.45) is 0.357. The Kier molecular flexibility index (Phi) is 6.12. The van der Waals surface area contributed by atoms with E-state index in [1.807, 2.05) is 0 Å². The monoisotopic (exact) mass is 267 g/mol. The Morgan fingerprint density at radius 2 is 1.79 bits per heavy atom. The number of nitrogens with two attached hydrogens (primary N) is 1. The molecule has 4 nitrogen and oxygen atoms in total. The first-order valence-corrected chi connectivity index (χ1v) is 6.61. The highest BCUT2D eigenvalue weighted by molar-refractivity contribution is 5.41. The van der Waals surface area contributed by atoms with Gasteiger partial charge in [0.2, 0.25) is 0 Å². The highest BCUT2D eigenvalue weighted by atomic mass is 16.5. The average molecular weight is 267 g/mol. The maximum Gasteiger partial charge on any atom is 0.119 e. The van der Waals surface area contributed by atoms with Crippen molar-refractivity contribution in [1.29, 1.82) is 0 Å².